The molecule has 6 heteroatoms. The second-order valence-corrected chi connectivity index (χ2v) is 7.52. The minimum Gasteiger partial charge on any atom is -0.459 e. The molecule has 0 bridgehead atoms. The number of amides is 1. The van der Waals surface area contributed by atoms with E-state index in [1.165, 1.54) is 4.90 Å². The van der Waals surface area contributed by atoms with Crippen LogP contribution in [0.15, 0.2) is 54.6 Å². The highest BCUT2D eigenvalue weighted by Gasteiger charge is 2.66. The number of aliphatic hydroxyl groups is 1. The minimum absolute atomic E-state index is 0.00802. The summed E-state index contributed by atoms with van der Waals surface area (Å²) in [5.74, 6) is -0.967. The second kappa shape index (κ2) is 6.47. The van der Waals surface area contributed by atoms with Crippen molar-refractivity contribution in [1.82, 2.24) is 0 Å². The molecule has 2 aliphatic heterocycles. The van der Waals surface area contributed by atoms with Crippen LogP contribution in [0.5, 0.6) is 0 Å². The molecule has 0 spiro atoms. The van der Waals surface area contributed by atoms with Crippen molar-refractivity contribution in [3.63, 3.8) is 0 Å². The number of hydrogen-bond donors (Lipinski definition) is 1. The number of piperidine rings is 1. The summed E-state index contributed by atoms with van der Waals surface area (Å²) in [5, 5.41) is 21.3. The van der Waals surface area contributed by atoms with Gasteiger partial charge in [-0.2, -0.15) is 5.26 Å². The Hall–Kier alpha value is -3.17. The Balaban J connectivity index is 1.80. The molecule has 1 amide bonds. The second-order valence-electron chi connectivity index (χ2n) is 7.52. The molecular formula is C22H20N2O4. The highest BCUT2D eigenvalue weighted by atomic mass is 16.5. The van der Waals surface area contributed by atoms with Crippen LogP contribution in [-0.2, 0) is 26.3 Å². The van der Waals surface area contributed by atoms with Gasteiger partial charge in [0.2, 0.25) is 11.3 Å². The molecule has 4 rings (SSSR count). The lowest BCUT2D eigenvalue weighted by molar-refractivity contribution is -0.154. The summed E-state index contributed by atoms with van der Waals surface area (Å²) in [6, 6.07) is 17.1. The van der Waals surface area contributed by atoms with E-state index in [-0.39, 0.29) is 25.4 Å². The smallest absolute Gasteiger partial charge is 0.333 e. The Kier molecular flexibility index (Phi) is 4.20. The lowest BCUT2D eigenvalue weighted by Crippen LogP contribution is -2.65. The van der Waals surface area contributed by atoms with Crippen LogP contribution >= 0.6 is 0 Å². The van der Waals surface area contributed by atoms with E-state index in [4.69, 9.17) is 4.74 Å². The average molecular weight is 376 g/mol. The molecule has 1 saturated heterocycles. The van der Waals surface area contributed by atoms with Gasteiger partial charge in [0.05, 0.1) is 17.7 Å². The zero-order chi connectivity index (χ0) is 19.9. The van der Waals surface area contributed by atoms with E-state index < -0.39 is 23.0 Å². The molecule has 0 unspecified atom stereocenters. The van der Waals surface area contributed by atoms with E-state index in [1.807, 2.05) is 30.3 Å². The number of rotatable bonds is 3. The van der Waals surface area contributed by atoms with Gasteiger partial charge in [0.15, 0.2) is 0 Å². The number of nitriles is 1. The number of fused-ring (bicyclic) bond motifs is 3. The maximum Gasteiger partial charge on any atom is 0.333 e. The van der Waals surface area contributed by atoms with Gasteiger partial charge in [-0.25, -0.2) is 4.79 Å². The van der Waals surface area contributed by atoms with E-state index >= 15 is 0 Å². The van der Waals surface area contributed by atoms with Crippen LogP contribution in [0, 0.1) is 11.3 Å². The summed E-state index contributed by atoms with van der Waals surface area (Å²) < 4.78 is 5.53. The average Bonchev–Trinajstić information content (AvgIpc) is 3.03. The third-order valence-corrected chi connectivity index (χ3v) is 5.67. The lowest BCUT2D eigenvalue weighted by Gasteiger charge is -2.45. The van der Waals surface area contributed by atoms with Crippen LogP contribution in [0.2, 0.25) is 0 Å². The standard InChI is InChI=1S/C22H20N2O4/c1-21(27)12-11-18(25)24-17-10-6-5-9-16(17)22(14-23,19(21)24)20(26)28-13-15-7-3-2-4-8-15/h2-10,19,27H,11-13H2,1H3/t19-,21-,22+/m0/s1. The number of ether oxygens (including phenoxy) is 1. The van der Waals surface area contributed by atoms with E-state index in [1.54, 1.807) is 31.2 Å². The number of esters is 1. The van der Waals surface area contributed by atoms with Gasteiger partial charge in [-0.3, -0.25) is 4.79 Å². The number of anilines is 1. The van der Waals surface area contributed by atoms with Crippen molar-refractivity contribution in [3.05, 3.63) is 65.7 Å². The largest absolute Gasteiger partial charge is 0.459 e. The molecule has 2 aromatic carbocycles. The Bertz CT molecular complexity index is 980. The summed E-state index contributed by atoms with van der Waals surface area (Å²) in [4.78, 5) is 27.4. The monoisotopic (exact) mass is 376 g/mol. The maximum absolute atomic E-state index is 13.3. The first kappa shape index (κ1) is 18.2. The van der Waals surface area contributed by atoms with Gasteiger partial charge < -0.3 is 14.7 Å². The first-order chi connectivity index (χ1) is 13.4. The molecule has 1 N–H and O–H groups in total. The van der Waals surface area contributed by atoms with Crippen LogP contribution in [-0.4, -0.2) is 28.6 Å². The van der Waals surface area contributed by atoms with Gasteiger partial charge >= 0.3 is 5.97 Å². The van der Waals surface area contributed by atoms with Gasteiger partial charge in [-0.1, -0.05) is 48.5 Å². The third-order valence-electron chi connectivity index (χ3n) is 5.67. The van der Waals surface area contributed by atoms with Crippen LogP contribution < -0.4 is 4.90 Å². The van der Waals surface area contributed by atoms with Gasteiger partial charge in [0, 0.05) is 17.7 Å². The van der Waals surface area contributed by atoms with E-state index in [9.17, 15) is 20.0 Å². The molecule has 0 saturated carbocycles. The van der Waals surface area contributed by atoms with Crippen molar-refractivity contribution in [3.8, 4) is 6.07 Å². The van der Waals surface area contributed by atoms with Crippen LogP contribution in [0.25, 0.3) is 0 Å². The van der Waals surface area contributed by atoms with Gasteiger partial charge in [-0.15, -0.1) is 0 Å². The third kappa shape index (κ3) is 2.51. The zero-order valence-corrected chi connectivity index (χ0v) is 15.5. The van der Waals surface area contributed by atoms with Crippen molar-refractivity contribution in [2.24, 2.45) is 0 Å². The molecule has 2 aliphatic rings. The van der Waals surface area contributed by atoms with Crippen LogP contribution in [0.3, 0.4) is 0 Å². The summed E-state index contributed by atoms with van der Waals surface area (Å²) in [7, 11) is 0. The van der Waals surface area contributed by atoms with Crippen LogP contribution in [0.1, 0.15) is 30.9 Å². The molecular weight excluding hydrogens is 356 g/mol. The van der Waals surface area contributed by atoms with Crippen LogP contribution in [0.4, 0.5) is 5.69 Å². The fraction of sp³-hybridized carbons (Fsp3) is 0.318. The first-order valence-corrected chi connectivity index (χ1v) is 9.18. The van der Waals surface area contributed by atoms with Crippen molar-refractivity contribution in [2.75, 3.05) is 4.90 Å². The summed E-state index contributed by atoms with van der Waals surface area (Å²) in [6.07, 6.45) is 0.328. The summed E-state index contributed by atoms with van der Waals surface area (Å²) in [5.41, 5.74) is -1.52. The molecule has 142 valence electrons. The molecule has 2 heterocycles. The fourth-order valence-electron chi connectivity index (χ4n) is 4.36. The highest BCUT2D eigenvalue weighted by molar-refractivity contribution is 6.05. The Morgan fingerprint density at radius 2 is 1.93 bits per heavy atom. The number of carbonyl (C=O) groups is 2. The summed E-state index contributed by atoms with van der Waals surface area (Å²) >= 11 is 0. The lowest BCUT2D eigenvalue weighted by atomic mass is 9.69. The normalized spacial score (nSPS) is 28.2. The van der Waals surface area contributed by atoms with Crippen molar-refractivity contribution >= 4 is 17.6 Å². The maximum atomic E-state index is 13.3. The van der Waals surface area contributed by atoms with Crippen molar-refractivity contribution < 1.29 is 19.4 Å². The van der Waals surface area contributed by atoms with E-state index in [2.05, 4.69) is 6.07 Å². The Morgan fingerprint density at radius 1 is 1.25 bits per heavy atom. The summed E-state index contributed by atoms with van der Waals surface area (Å²) in [6.45, 7) is 1.58. The van der Waals surface area contributed by atoms with Gasteiger partial charge in [-0.05, 0) is 25.0 Å². The Labute approximate surface area is 163 Å². The van der Waals surface area contributed by atoms with E-state index in [0.717, 1.165) is 5.56 Å². The SMILES string of the molecule is C[C@]1(O)CCC(=O)N2c3ccccc3[C@@](C#N)(C(=O)OCc3ccccc3)[C@@H]21. The van der Waals surface area contributed by atoms with Crippen molar-refractivity contribution in [1.29, 1.82) is 5.26 Å². The quantitative estimate of drug-likeness (QED) is 0.831. The zero-order valence-electron chi connectivity index (χ0n) is 15.5. The number of benzene rings is 2. The molecule has 6 nitrogen and oxygen atoms in total. The Morgan fingerprint density at radius 3 is 2.64 bits per heavy atom. The predicted molar refractivity (Wildman–Crippen MR) is 101 cm³/mol. The molecule has 0 radical (unpaired) electrons. The number of carbonyl (C=O) groups excluding carboxylic acids is 2. The van der Waals surface area contributed by atoms with Gasteiger partial charge in [0.25, 0.3) is 0 Å². The minimum atomic E-state index is -1.79. The van der Waals surface area contributed by atoms with Crippen molar-refractivity contribution in [2.45, 2.75) is 43.4 Å². The van der Waals surface area contributed by atoms with E-state index in [0.29, 0.717) is 11.3 Å². The molecule has 0 aromatic heterocycles. The highest BCUT2D eigenvalue weighted by Crippen LogP contribution is 2.52. The number of para-hydroxylation sites is 1. The predicted octanol–water partition coefficient (Wildman–Crippen LogP) is 2.45. The molecule has 0 aliphatic carbocycles. The fourth-order valence-corrected chi connectivity index (χ4v) is 4.36. The number of nitrogens with zero attached hydrogens (tertiary/aromatic N) is 2. The molecule has 3 atom stereocenters. The molecule has 1 fully saturated rings. The molecule has 28 heavy (non-hydrogen) atoms. The molecule has 2 aromatic rings. The first-order valence-electron chi connectivity index (χ1n) is 9.18. The number of hydrogen-bond acceptors (Lipinski definition) is 5. The van der Waals surface area contributed by atoms with Gasteiger partial charge in [0.1, 0.15) is 6.61 Å². The topological polar surface area (TPSA) is 90.6 Å².